The molecule has 0 aromatic heterocycles. The second-order valence-corrected chi connectivity index (χ2v) is 8.11. The largest absolute Gasteiger partial charge is 0.343 e. The highest BCUT2D eigenvalue weighted by Crippen LogP contribution is 2.26. The molecule has 19 heavy (non-hydrogen) atoms. The fourth-order valence-electron chi connectivity index (χ4n) is 1.88. The standard InChI is InChI=1S/C12H13BrN2O3S/c1-19(2,18)14-11(16)12(17)15-6-8-3-4-10(13)5-9(8)7-15/h3-5H,6-7H2,1-2H3. The summed E-state index contributed by atoms with van der Waals surface area (Å²) in [6, 6.07) is 5.73. The number of amides is 2. The van der Waals surface area contributed by atoms with Crippen molar-refractivity contribution < 1.29 is 13.8 Å². The monoisotopic (exact) mass is 344 g/mol. The second-order valence-electron chi connectivity index (χ2n) is 4.65. The number of hydrogen-bond acceptors (Lipinski definition) is 3. The van der Waals surface area contributed by atoms with E-state index in [4.69, 9.17) is 0 Å². The molecule has 7 heteroatoms. The maximum atomic E-state index is 11.9. The normalized spacial score (nSPS) is 14.2. The van der Waals surface area contributed by atoms with Gasteiger partial charge in [0.15, 0.2) is 0 Å². The van der Waals surface area contributed by atoms with Crippen LogP contribution in [0.3, 0.4) is 0 Å². The molecule has 1 aliphatic heterocycles. The minimum absolute atomic E-state index is 0.378. The Balaban J connectivity index is 2.17. The molecule has 0 bridgehead atoms. The Hall–Kier alpha value is -1.21. The Kier molecular flexibility index (Phi) is 3.78. The zero-order chi connectivity index (χ0) is 14.2. The number of hydrogen-bond donors (Lipinski definition) is 0. The minimum atomic E-state index is -2.60. The van der Waals surface area contributed by atoms with Crippen LogP contribution >= 0.6 is 15.9 Å². The summed E-state index contributed by atoms with van der Waals surface area (Å²) >= 11 is 3.36. The first-order valence-corrected chi connectivity index (χ1v) is 8.66. The summed E-state index contributed by atoms with van der Waals surface area (Å²) < 4.78 is 15.8. The lowest BCUT2D eigenvalue weighted by molar-refractivity contribution is -0.144. The van der Waals surface area contributed by atoms with E-state index in [1.54, 1.807) is 0 Å². The molecule has 0 fully saturated rings. The van der Waals surface area contributed by atoms with Gasteiger partial charge in [-0.1, -0.05) is 22.0 Å². The third-order valence-electron chi connectivity index (χ3n) is 2.66. The Morgan fingerprint density at radius 2 is 1.89 bits per heavy atom. The van der Waals surface area contributed by atoms with Gasteiger partial charge in [0.1, 0.15) is 0 Å². The van der Waals surface area contributed by atoms with Crippen molar-refractivity contribution >= 4 is 37.5 Å². The molecule has 0 N–H and O–H groups in total. The third kappa shape index (κ3) is 3.42. The third-order valence-corrected chi connectivity index (χ3v) is 3.76. The quantitative estimate of drug-likeness (QED) is 0.670. The van der Waals surface area contributed by atoms with Crippen molar-refractivity contribution in [2.24, 2.45) is 4.36 Å². The molecule has 5 nitrogen and oxygen atoms in total. The van der Waals surface area contributed by atoms with Crippen LogP contribution in [0.15, 0.2) is 27.0 Å². The summed E-state index contributed by atoms with van der Waals surface area (Å²) in [6.07, 6.45) is 2.65. The Morgan fingerprint density at radius 1 is 1.26 bits per heavy atom. The maximum Gasteiger partial charge on any atom is 0.343 e. The van der Waals surface area contributed by atoms with Gasteiger partial charge in [-0.2, -0.15) is 4.36 Å². The molecule has 1 heterocycles. The summed E-state index contributed by atoms with van der Waals surface area (Å²) in [4.78, 5) is 25.0. The molecule has 0 saturated heterocycles. The van der Waals surface area contributed by atoms with Crippen molar-refractivity contribution in [3.05, 3.63) is 33.8 Å². The highest BCUT2D eigenvalue weighted by atomic mass is 79.9. The Bertz CT molecular complexity index is 670. The fourth-order valence-corrected chi connectivity index (χ4v) is 2.77. The molecule has 0 aliphatic carbocycles. The van der Waals surface area contributed by atoms with E-state index in [0.717, 1.165) is 15.6 Å². The summed E-state index contributed by atoms with van der Waals surface area (Å²) in [5.74, 6) is -1.65. The lowest BCUT2D eigenvalue weighted by Crippen LogP contribution is -2.31. The second kappa shape index (κ2) is 5.05. The number of fused-ring (bicyclic) bond motifs is 1. The molecule has 0 unspecified atom stereocenters. The molecular weight excluding hydrogens is 332 g/mol. The van der Waals surface area contributed by atoms with Crippen molar-refractivity contribution in [2.45, 2.75) is 13.1 Å². The molecular formula is C12H13BrN2O3S. The van der Waals surface area contributed by atoms with Crippen molar-refractivity contribution in [2.75, 3.05) is 12.5 Å². The van der Waals surface area contributed by atoms with E-state index in [2.05, 4.69) is 20.3 Å². The van der Waals surface area contributed by atoms with Crippen LogP contribution in [-0.4, -0.2) is 33.4 Å². The molecule has 0 radical (unpaired) electrons. The zero-order valence-electron chi connectivity index (χ0n) is 10.6. The van der Waals surface area contributed by atoms with Crippen LogP contribution in [-0.2, 0) is 32.4 Å². The van der Waals surface area contributed by atoms with E-state index in [1.807, 2.05) is 18.2 Å². The summed E-state index contributed by atoms with van der Waals surface area (Å²) in [7, 11) is -2.60. The van der Waals surface area contributed by atoms with Gasteiger partial charge >= 0.3 is 11.8 Å². The average Bonchev–Trinajstić information content (AvgIpc) is 2.68. The van der Waals surface area contributed by atoms with Crippen LogP contribution < -0.4 is 0 Å². The first-order chi connectivity index (χ1) is 8.76. The summed E-state index contributed by atoms with van der Waals surface area (Å²) in [6.45, 7) is 0.765. The lowest BCUT2D eigenvalue weighted by atomic mass is 10.1. The van der Waals surface area contributed by atoms with Crippen LogP contribution in [0.25, 0.3) is 0 Å². The topological polar surface area (TPSA) is 66.8 Å². The van der Waals surface area contributed by atoms with Crippen LogP contribution in [0.4, 0.5) is 0 Å². The van der Waals surface area contributed by atoms with Crippen LogP contribution in [0.5, 0.6) is 0 Å². The van der Waals surface area contributed by atoms with Gasteiger partial charge in [-0.05, 0) is 23.3 Å². The SMILES string of the molecule is CS(C)(=O)=NC(=O)C(=O)N1Cc2ccc(Br)cc2C1. The van der Waals surface area contributed by atoms with E-state index in [9.17, 15) is 13.8 Å². The van der Waals surface area contributed by atoms with Crippen molar-refractivity contribution in [3.63, 3.8) is 0 Å². The number of carbonyl (C=O) groups excluding carboxylic acids is 2. The van der Waals surface area contributed by atoms with Gasteiger partial charge < -0.3 is 4.90 Å². The minimum Gasteiger partial charge on any atom is -0.326 e. The summed E-state index contributed by atoms with van der Waals surface area (Å²) in [5.41, 5.74) is 2.02. The number of carbonyl (C=O) groups is 2. The van der Waals surface area contributed by atoms with E-state index < -0.39 is 21.5 Å². The molecule has 0 saturated carbocycles. The molecule has 2 amide bonds. The molecule has 102 valence electrons. The van der Waals surface area contributed by atoms with Gasteiger partial charge in [-0.3, -0.25) is 9.59 Å². The van der Waals surface area contributed by atoms with Gasteiger partial charge in [0.05, 0.1) is 0 Å². The van der Waals surface area contributed by atoms with E-state index in [0.29, 0.717) is 13.1 Å². The van der Waals surface area contributed by atoms with Gasteiger partial charge in [-0.15, -0.1) is 0 Å². The Labute approximate surface area is 120 Å². The molecule has 2 rings (SSSR count). The van der Waals surface area contributed by atoms with E-state index in [1.165, 1.54) is 17.4 Å². The van der Waals surface area contributed by atoms with Gasteiger partial charge in [-0.25, -0.2) is 4.21 Å². The highest BCUT2D eigenvalue weighted by Gasteiger charge is 2.28. The zero-order valence-corrected chi connectivity index (χ0v) is 13.0. The predicted octanol–water partition coefficient (Wildman–Crippen LogP) is 1.55. The first kappa shape index (κ1) is 14.2. The predicted molar refractivity (Wildman–Crippen MR) is 75.8 cm³/mol. The van der Waals surface area contributed by atoms with Gasteiger partial charge in [0.2, 0.25) is 0 Å². The number of nitrogens with zero attached hydrogens (tertiary/aromatic N) is 2. The molecule has 0 atom stereocenters. The van der Waals surface area contributed by atoms with Crippen LogP contribution in [0.1, 0.15) is 11.1 Å². The number of benzene rings is 1. The fraction of sp³-hybridized carbons (Fsp3) is 0.333. The molecule has 1 aromatic carbocycles. The Morgan fingerprint density at radius 3 is 2.53 bits per heavy atom. The summed E-state index contributed by atoms with van der Waals surface area (Å²) in [5, 5.41) is 0. The van der Waals surface area contributed by atoms with Crippen molar-refractivity contribution in [1.82, 2.24) is 4.90 Å². The van der Waals surface area contributed by atoms with Gasteiger partial charge in [0, 0.05) is 39.8 Å². The van der Waals surface area contributed by atoms with Crippen molar-refractivity contribution in [1.29, 1.82) is 0 Å². The molecule has 1 aromatic rings. The smallest absolute Gasteiger partial charge is 0.326 e. The molecule has 0 spiro atoms. The number of rotatable bonds is 0. The van der Waals surface area contributed by atoms with E-state index in [-0.39, 0.29) is 0 Å². The maximum absolute atomic E-state index is 11.9. The van der Waals surface area contributed by atoms with E-state index >= 15 is 0 Å². The van der Waals surface area contributed by atoms with Crippen molar-refractivity contribution in [3.8, 4) is 0 Å². The first-order valence-electron chi connectivity index (χ1n) is 5.54. The highest BCUT2D eigenvalue weighted by molar-refractivity contribution is 9.10. The number of halogens is 1. The van der Waals surface area contributed by atoms with Crippen LogP contribution in [0, 0.1) is 0 Å². The van der Waals surface area contributed by atoms with Gasteiger partial charge in [0.25, 0.3) is 0 Å². The average molecular weight is 345 g/mol. The molecule has 1 aliphatic rings. The van der Waals surface area contributed by atoms with Crippen LogP contribution in [0.2, 0.25) is 0 Å². The lowest BCUT2D eigenvalue weighted by Gasteiger charge is -2.12.